The Bertz CT molecular complexity index is 659. The Balaban J connectivity index is 0.00000338. The van der Waals surface area contributed by atoms with Crippen LogP contribution in [0.5, 0.6) is 0 Å². The normalized spacial score (nSPS) is 10.9. The highest BCUT2D eigenvalue weighted by Crippen LogP contribution is 2.15. The third kappa shape index (κ3) is 8.22. The molecule has 2 aromatic rings. The average molecular weight is 486 g/mol. The Hall–Kier alpha value is -1.55. The SMILES string of the molecule is C=CCNC(=NCCn1cnnc1CC)NCCSc1ccccc1.I. The van der Waals surface area contributed by atoms with Crippen molar-refractivity contribution in [2.75, 3.05) is 25.4 Å². The predicted octanol–water partition coefficient (Wildman–Crippen LogP) is 2.97. The summed E-state index contributed by atoms with van der Waals surface area (Å²) in [7, 11) is 0. The summed E-state index contributed by atoms with van der Waals surface area (Å²) in [4.78, 5) is 5.90. The number of aryl methyl sites for hydroxylation is 1. The lowest BCUT2D eigenvalue weighted by Gasteiger charge is -2.11. The van der Waals surface area contributed by atoms with Crippen molar-refractivity contribution < 1.29 is 0 Å². The number of aromatic nitrogens is 3. The molecule has 0 fully saturated rings. The molecule has 0 amide bonds. The van der Waals surface area contributed by atoms with Crippen LogP contribution >= 0.6 is 35.7 Å². The van der Waals surface area contributed by atoms with Crippen molar-refractivity contribution in [1.29, 1.82) is 0 Å². The molecular weight excluding hydrogens is 459 g/mol. The molecule has 1 aromatic carbocycles. The second-order valence-electron chi connectivity index (χ2n) is 5.28. The Morgan fingerprint density at radius 1 is 1.31 bits per heavy atom. The van der Waals surface area contributed by atoms with Gasteiger partial charge in [-0.15, -0.1) is 52.5 Å². The van der Waals surface area contributed by atoms with Crippen molar-refractivity contribution in [3.8, 4) is 0 Å². The van der Waals surface area contributed by atoms with Crippen molar-refractivity contribution in [2.45, 2.75) is 24.8 Å². The summed E-state index contributed by atoms with van der Waals surface area (Å²) in [6.07, 6.45) is 4.46. The molecule has 1 aromatic heterocycles. The maximum Gasteiger partial charge on any atom is 0.191 e. The maximum absolute atomic E-state index is 4.62. The first kappa shape index (κ1) is 22.5. The summed E-state index contributed by atoms with van der Waals surface area (Å²) in [6.45, 7) is 8.79. The molecule has 26 heavy (non-hydrogen) atoms. The fourth-order valence-electron chi connectivity index (χ4n) is 2.21. The van der Waals surface area contributed by atoms with E-state index in [1.807, 2.05) is 28.5 Å². The maximum atomic E-state index is 4.62. The monoisotopic (exact) mass is 486 g/mol. The molecule has 0 saturated carbocycles. The highest BCUT2D eigenvalue weighted by molar-refractivity contribution is 14.0. The van der Waals surface area contributed by atoms with E-state index in [1.54, 1.807) is 6.33 Å². The van der Waals surface area contributed by atoms with E-state index in [-0.39, 0.29) is 24.0 Å². The highest BCUT2D eigenvalue weighted by atomic mass is 127. The fourth-order valence-corrected chi connectivity index (χ4v) is 3.00. The number of nitrogens with one attached hydrogen (secondary N) is 2. The number of rotatable bonds is 10. The number of benzene rings is 1. The van der Waals surface area contributed by atoms with Gasteiger partial charge in [-0.1, -0.05) is 31.2 Å². The van der Waals surface area contributed by atoms with Gasteiger partial charge in [0.2, 0.25) is 0 Å². The number of hydrogen-bond donors (Lipinski definition) is 2. The third-order valence-corrected chi connectivity index (χ3v) is 4.46. The van der Waals surface area contributed by atoms with Gasteiger partial charge in [-0.3, -0.25) is 4.99 Å². The van der Waals surface area contributed by atoms with E-state index >= 15 is 0 Å². The zero-order valence-corrected chi connectivity index (χ0v) is 18.2. The first-order valence-corrected chi connectivity index (χ1v) is 9.49. The fraction of sp³-hybridized carbons (Fsp3) is 0.389. The summed E-state index contributed by atoms with van der Waals surface area (Å²) in [5, 5.41) is 14.6. The van der Waals surface area contributed by atoms with Crippen LogP contribution in [0.3, 0.4) is 0 Å². The standard InChI is InChI=1S/C18H26N6S.HI/c1-3-10-19-18(20-11-13-24-15-22-23-17(24)4-2)21-12-14-25-16-8-6-5-7-9-16;/h3,5-9,15H,1,4,10-14H2,2H3,(H2,19,20,21);1H. The lowest BCUT2D eigenvalue weighted by Crippen LogP contribution is -2.38. The molecule has 8 heteroatoms. The van der Waals surface area contributed by atoms with Crippen LogP contribution in [0.15, 0.2) is 59.2 Å². The lowest BCUT2D eigenvalue weighted by atomic mass is 10.4. The summed E-state index contributed by atoms with van der Waals surface area (Å²) < 4.78 is 2.04. The molecule has 0 bridgehead atoms. The number of aliphatic imine (C=N–C) groups is 1. The Labute approximate surface area is 177 Å². The molecule has 0 radical (unpaired) electrons. The molecule has 2 N–H and O–H groups in total. The van der Waals surface area contributed by atoms with Gasteiger partial charge in [-0.05, 0) is 12.1 Å². The summed E-state index contributed by atoms with van der Waals surface area (Å²) in [5.41, 5.74) is 0. The Morgan fingerprint density at radius 3 is 2.85 bits per heavy atom. The largest absolute Gasteiger partial charge is 0.356 e. The van der Waals surface area contributed by atoms with E-state index < -0.39 is 0 Å². The molecule has 0 unspecified atom stereocenters. The van der Waals surface area contributed by atoms with Gasteiger partial charge >= 0.3 is 0 Å². The Morgan fingerprint density at radius 2 is 2.12 bits per heavy atom. The lowest BCUT2D eigenvalue weighted by molar-refractivity contribution is 0.662. The number of hydrogen-bond acceptors (Lipinski definition) is 4. The van der Waals surface area contributed by atoms with Crippen LogP contribution in [0.1, 0.15) is 12.7 Å². The van der Waals surface area contributed by atoms with Crippen LogP contribution < -0.4 is 10.6 Å². The molecule has 142 valence electrons. The van der Waals surface area contributed by atoms with Crippen molar-refractivity contribution in [1.82, 2.24) is 25.4 Å². The minimum Gasteiger partial charge on any atom is -0.356 e. The highest BCUT2D eigenvalue weighted by Gasteiger charge is 2.01. The van der Waals surface area contributed by atoms with Crippen LogP contribution in [0.25, 0.3) is 0 Å². The first-order valence-electron chi connectivity index (χ1n) is 8.51. The first-order chi connectivity index (χ1) is 12.3. The molecule has 6 nitrogen and oxygen atoms in total. The van der Waals surface area contributed by atoms with Gasteiger partial charge in [0.25, 0.3) is 0 Å². The third-order valence-electron chi connectivity index (χ3n) is 3.44. The Kier molecular flexibility index (Phi) is 11.8. The van der Waals surface area contributed by atoms with Crippen molar-refractivity contribution in [3.63, 3.8) is 0 Å². The van der Waals surface area contributed by atoms with Gasteiger partial charge in [-0.2, -0.15) is 0 Å². The minimum atomic E-state index is 0. The molecule has 0 aliphatic heterocycles. The van der Waals surface area contributed by atoms with E-state index in [0.29, 0.717) is 13.1 Å². The van der Waals surface area contributed by atoms with Gasteiger partial charge in [0.15, 0.2) is 5.96 Å². The van der Waals surface area contributed by atoms with Crippen molar-refractivity contribution in [2.24, 2.45) is 4.99 Å². The average Bonchev–Trinajstić information content (AvgIpc) is 3.11. The van der Waals surface area contributed by atoms with Crippen LogP contribution in [-0.4, -0.2) is 46.1 Å². The van der Waals surface area contributed by atoms with E-state index in [4.69, 9.17) is 0 Å². The van der Waals surface area contributed by atoms with Gasteiger partial charge in [0, 0.05) is 36.7 Å². The van der Waals surface area contributed by atoms with E-state index in [2.05, 4.69) is 63.6 Å². The summed E-state index contributed by atoms with van der Waals surface area (Å²) in [5.74, 6) is 2.77. The molecule has 1 heterocycles. The molecule has 2 rings (SSSR count). The molecule has 0 atom stereocenters. The summed E-state index contributed by atoms with van der Waals surface area (Å²) >= 11 is 1.83. The van der Waals surface area contributed by atoms with Gasteiger partial charge in [-0.25, -0.2) is 0 Å². The zero-order valence-electron chi connectivity index (χ0n) is 15.1. The topological polar surface area (TPSA) is 67.1 Å². The second-order valence-corrected chi connectivity index (χ2v) is 6.45. The molecule has 0 saturated heterocycles. The van der Waals surface area contributed by atoms with Crippen LogP contribution in [-0.2, 0) is 13.0 Å². The number of nitrogens with zero attached hydrogens (tertiary/aromatic N) is 4. The van der Waals surface area contributed by atoms with E-state index in [1.165, 1.54) is 4.90 Å². The summed E-state index contributed by atoms with van der Waals surface area (Å²) in [6, 6.07) is 10.4. The quantitative estimate of drug-likeness (QED) is 0.135. The van der Waals surface area contributed by atoms with Crippen molar-refractivity contribution >= 4 is 41.7 Å². The van der Waals surface area contributed by atoms with Crippen LogP contribution in [0.2, 0.25) is 0 Å². The number of guanidine groups is 1. The number of halogens is 1. The molecule has 0 spiro atoms. The molecule has 0 aliphatic rings. The van der Waals surface area contributed by atoms with Crippen molar-refractivity contribution in [3.05, 3.63) is 55.1 Å². The second kappa shape index (κ2) is 13.6. The molecule has 0 aliphatic carbocycles. The van der Waals surface area contributed by atoms with Crippen LogP contribution in [0.4, 0.5) is 0 Å². The number of thioether (sulfide) groups is 1. The van der Waals surface area contributed by atoms with Gasteiger partial charge in [0.05, 0.1) is 6.54 Å². The predicted molar refractivity (Wildman–Crippen MR) is 120 cm³/mol. The van der Waals surface area contributed by atoms with Gasteiger partial charge in [0.1, 0.15) is 12.2 Å². The van der Waals surface area contributed by atoms with Crippen LogP contribution in [0, 0.1) is 0 Å². The zero-order chi connectivity index (χ0) is 17.7. The van der Waals surface area contributed by atoms with E-state index in [0.717, 1.165) is 37.0 Å². The van der Waals surface area contributed by atoms with E-state index in [9.17, 15) is 0 Å². The van der Waals surface area contributed by atoms with Gasteiger partial charge < -0.3 is 15.2 Å². The molecular formula is C18H27IN6S. The smallest absolute Gasteiger partial charge is 0.191 e. The minimum absolute atomic E-state index is 0.